The molecule has 0 aliphatic carbocycles. The van der Waals surface area contributed by atoms with E-state index >= 15 is 0 Å². The van der Waals surface area contributed by atoms with Crippen LogP contribution >= 0.6 is 0 Å². The highest BCUT2D eigenvalue weighted by Crippen LogP contribution is 2.36. The normalized spacial score (nSPS) is 53.1. The zero-order valence-electron chi connectivity index (χ0n) is 30.7. The summed E-state index contributed by atoms with van der Waals surface area (Å²) in [6.45, 7) is 3.62. The van der Waals surface area contributed by atoms with Crippen molar-refractivity contribution in [2.45, 2.75) is 181 Å². The Balaban J connectivity index is 1.35. The van der Waals surface area contributed by atoms with Crippen LogP contribution in [0.15, 0.2) is 0 Å². The van der Waals surface area contributed by atoms with Crippen LogP contribution in [0.2, 0.25) is 0 Å². The minimum absolute atomic E-state index is 0.658. The molecule has 56 heavy (non-hydrogen) atoms. The molecule has 5 rings (SSSR count). The maximum atomic E-state index is 11.9. The van der Waals surface area contributed by atoms with Gasteiger partial charge in [-0.2, -0.15) is 0 Å². The Morgan fingerprint density at radius 1 is 0.464 bits per heavy atom. The van der Waals surface area contributed by atoms with Crippen molar-refractivity contribution in [3.8, 4) is 0 Å². The van der Waals surface area contributed by atoms with E-state index in [0.29, 0.717) is 0 Å². The van der Waals surface area contributed by atoms with Crippen LogP contribution in [0.5, 0.6) is 0 Å². The Kier molecular flexibility index (Phi) is 15.4. The van der Waals surface area contributed by atoms with Crippen molar-refractivity contribution in [1.29, 1.82) is 0 Å². The number of ether oxygens (including phenoxy) is 9. The number of hydrogen-bond acceptors (Lipinski definition) is 23. The van der Waals surface area contributed by atoms with Crippen molar-refractivity contribution in [2.75, 3.05) is 13.2 Å². The average Bonchev–Trinajstić information content (AvgIpc) is 3.15. The predicted molar refractivity (Wildman–Crippen MR) is 174 cm³/mol. The van der Waals surface area contributed by atoms with Gasteiger partial charge in [-0.3, -0.25) is 4.79 Å². The van der Waals surface area contributed by atoms with Crippen LogP contribution in [0.1, 0.15) is 27.7 Å². The molecule has 10 unspecified atom stereocenters. The molecule has 0 aromatic carbocycles. The van der Waals surface area contributed by atoms with Crippen LogP contribution < -0.4 is 5.32 Å². The van der Waals surface area contributed by atoms with Crippen LogP contribution in [0.4, 0.5) is 0 Å². The van der Waals surface area contributed by atoms with Crippen molar-refractivity contribution in [2.24, 2.45) is 0 Å². The van der Waals surface area contributed by atoms with E-state index in [1.54, 1.807) is 0 Å². The molecule has 5 aliphatic heterocycles. The van der Waals surface area contributed by atoms with Gasteiger partial charge in [-0.05, 0) is 20.8 Å². The first-order valence-corrected chi connectivity index (χ1v) is 18.2. The molecule has 24 heteroatoms. The summed E-state index contributed by atoms with van der Waals surface area (Å²) in [4.78, 5) is 11.9. The monoisotopic (exact) mass is 821 g/mol. The van der Waals surface area contributed by atoms with E-state index in [9.17, 15) is 71.2 Å². The highest BCUT2D eigenvalue weighted by molar-refractivity contribution is 5.73. The number of carbonyl (C=O) groups excluding carboxylic acids is 1. The fraction of sp³-hybridized carbons (Fsp3) is 0.969. The quantitative estimate of drug-likeness (QED) is 0.0920. The Hall–Kier alpha value is -1.41. The van der Waals surface area contributed by atoms with Gasteiger partial charge < -0.3 is 114 Å². The molecular formula is C32H55NO23. The molecule has 25 atom stereocenters. The van der Waals surface area contributed by atoms with E-state index in [1.807, 2.05) is 0 Å². The second-order valence-corrected chi connectivity index (χ2v) is 14.6. The summed E-state index contributed by atoms with van der Waals surface area (Å²) in [6.07, 6.45) is -40.0. The van der Waals surface area contributed by atoms with Gasteiger partial charge in [0.2, 0.25) is 5.91 Å². The lowest BCUT2D eigenvalue weighted by Crippen LogP contribution is -2.68. The van der Waals surface area contributed by atoms with Crippen molar-refractivity contribution in [3.63, 3.8) is 0 Å². The lowest BCUT2D eigenvalue weighted by molar-refractivity contribution is -0.396. The Bertz CT molecular complexity index is 1270. The molecule has 24 nitrogen and oxygen atoms in total. The van der Waals surface area contributed by atoms with Crippen LogP contribution in [0, 0.1) is 0 Å². The Morgan fingerprint density at radius 2 is 0.893 bits per heavy atom. The number of rotatable bonds is 11. The summed E-state index contributed by atoms with van der Waals surface area (Å²) >= 11 is 0. The summed E-state index contributed by atoms with van der Waals surface area (Å²) in [6, 6.07) is -1.43. The summed E-state index contributed by atoms with van der Waals surface area (Å²) in [5, 5.41) is 141. The molecule has 1 amide bonds. The van der Waals surface area contributed by atoms with E-state index in [4.69, 9.17) is 42.6 Å². The van der Waals surface area contributed by atoms with Gasteiger partial charge in [-0.15, -0.1) is 0 Å². The molecule has 14 N–H and O–H groups in total. The van der Waals surface area contributed by atoms with Gasteiger partial charge in [0.15, 0.2) is 31.5 Å². The second-order valence-electron chi connectivity index (χ2n) is 14.6. The summed E-state index contributed by atoms with van der Waals surface area (Å²) in [5.41, 5.74) is 0. The van der Waals surface area contributed by atoms with Gasteiger partial charge >= 0.3 is 0 Å². The van der Waals surface area contributed by atoms with Crippen molar-refractivity contribution >= 4 is 5.91 Å². The van der Waals surface area contributed by atoms with E-state index in [0.717, 1.165) is 6.92 Å². The van der Waals surface area contributed by atoms with Crippen LogP contribution in [0.3, 0.4) is 0 Å². The van der Waals surface area contributed by atoms with E-state index in [1.165, 1.54) is 20.8 Å². The van der Waals surface area contributed by atoms with Crippen molar-refractivity contribution in [3.05, 3.63) is 0 Å². The molecule has 5 fully saturated rings. The van der Waals surface area contributed by atoms with Gasteiger partial charge in [0.25, 0.3) is 0 Å². The fourth-order valence-corrected chi connectivity index (χ4v) is 7.23. The van der Waals surface area contributed by atoms with E-state index < -0.39 is 173 Å². The van der Waals surface area contributed by atoms with E-state index in [2.05, 4.69) is 5.32 Å². The topological polar surface area (TPSA) is 375 Å². The molecule has 0 spiro atoms. The number of amides is 1. The number of aliphatic hydroxyl groups excluding tert-OH is 13. The van der Waals surface area contributed by atoms with Crippen LogP contribution in [-0.2, 0) is 47.4 Å². The molecule has 5 saturated heterocycles. The summed E-state index contributed by atoms with van der Waals surface area (Å²) in [7, 11) is 0. The van der Waals surface area contributed by atoms with Crippen LogP contribution in [-0.4, -0.2) is 239 Å². The SMILES string of the molecule is CC(=O)NC1[C@H](O)OC(CO)[C@H](O)[C@@H]1O[C@@H]1OC(C)[C@H](O)[C@@H](O[C@@H]2OC(C)[C@H](O)[C@@H](O)C2O[C@@H]2OC(C)[C@H](O)[C@@H](O[C@H]3O[C@H](CO)[C@@H](O)C(O)C3O)C2O)C1O. The lowest BCUT2D eigenvalue weighted by Gasteiger charge is -2.49. The first kappa shape index (κ1) is 45.7. The molecule has 0 aromatic heterocycles. The molecule has 326 valence electrons. The smallest absolute Gasteiger partial charge is 0.217 e. The lowest BCUT2D eigenvalue weighted by atomic mass is 9.95. The maximum Gasteiger partial charge on any atom is 0.217 e. The Labute approximate surface area is 319 Å². The number of carbonyl (C=O) groups is 1. The highest BCUT2D eigenvalue weighted by Gasteiger charge is 2.56. The first-order chi connectivity index (χ1) is 26.3. The average molecular weight is 822 g/mol. The minimum atomic E-state index is -1.98. The van der Waals surface area contributed by atoms with Gasteiger partial charge in [0.05, 0.1) is 31.5 Å². The minimum Gasteiger partial charge on any atom is -0.394 e. The van der Waals surface area contributed by atoms with Gasteiger partial charge in [-0.1, -0.05) is 0 Å². The summed E-state index contributed by atoms with van der Waals surface area (Å²) < 4.78 is 51.0. The standard InChI is InChI=1S/C32H55NO23/c1-7-14(37)20(43)27(56-31-22(45)25(15(38)8(2)49-31)54-29-21(44)19(42)17(40)11(5-34)52-29)32(50-7)55-26-16(39)9(3)48-30(23(26)46)53-24-13(33-10(4)36)28(47)51-12(6-35)18(24)41/h7-9,11-32,34-35,37-47H,5-6H2,1-4H3,(H,33,36)/t7?,8?,9?,11-,12?,13?,14+,15+,16+,17-,18+,19?,20-,21?,22?,23?,24-,25-,26-,27?,28-,29-,30+,31+,32+/m1/s1. The zero-order valence-corrected chi connectivity index (χ0v) is 30.7. The van der Waals surface area contributed by atoms with Gasteiger partial charge in [0, 0.05) is 6.92 Å². The third kappa shape index (κ3) is 9.31. The number of aliphatic hydroxyl groups is 13. The Morgan fingerprint density at radius 3 is 1.41 bits per heavy atom. The molecule has 5 heterocycles. The second kappa shape index (κ2) is 18.9. The molecule has 5 aliphatic rings. The first-order valence-electron chi connectivity index (χ1n) is 18.2. The molecule has 0 aromatic rings. The maximum absolute atomic E-state index is 11.9. The van der Waals surface area contributed by atoms with Crippen molar-refractivity contribution < 1.29 is 114 Å². The summed E-state index contributed by atoms with van der Waals surface area (Å²) in [5.74, 6) is -0.658. The number of hydrogen-bond donors (Lipinski definition) is 14. The zero-order chi connectivity index (χ0) is 41.5. The molecule has 0 bridgehead atoms. The largest absolute Gasteiger partial charge is 0.394 e. The van der Waals surface area contributed by atoms with Crippen molar-refractivity contribution in [1.82, 2.24) is 5.32 Å². The van der Waals surface area contributed by atoms with Crippen LogP contribution in [0.25, 0.3) is 0 Å². The molecule has 0 saturated carbocycles. The third-order valence-corrected chi connectivity index (χ3v) is 10.6. The highest BCUT2D eigenvalue weighted by atomic mass is 16.8. The molecule has 0 radical (unpaired) electrons. The fourth-order valence-electron chi connectivity index (χ4n) is 7.23. The van der Waals surface area contributed by atoms with Gasteiger partial charge in [0.1, 0.15) is 104 Å². The molecular weight excluding hydrogens is 766 g/mol. The third-order valence-electron chi connectivity index (χ3n) is 10.6. The number of nitrogens with one attached hydrogen (secondary N) is 1. The predicted octanol–water partition coefficient (Wildman–Crippen LogP) is -8.70. The van der Waals surface area contributed by atoms with E-state index in [-0.39, 0.29) is 0 Å². The van der Waals surface area contributed by atoms with Gasteiger partial charge in [-0.25, -0.2) is 0 Å².